The van der Waals surface area contributed by atoms with Crippen LogP contribution in [0.15, 0.2) is 24.3 Å². The quantitative estimate of drug-likeness (QED) is 0.577. The Balaban J connectivity index is 2.57. The Labute approximate surface area is 149 Å². The predicted octanol–water partition coefficient (Wildman–Crippen LogP) is 6.73. The largest absolute Gasteiger partial charge is 0.313 e. The second-order valence-corrected chi connectivity index (χ2v) is 6.41. The summed E-state index contributed by atoms with van der Waals surface area (Å²) in [7, 11) is 0. The molecule has 0 bridgehead atoms. The summed E-state index contributed by atoms with van der Waals surface area (Å²) in [6, 6.07) is 7.13. The van der Waals surface area contributed by atoms with Crippen molar-refractivity contribution in [3.8, 4) is 11.1 Å². The van der Waals surface area contributed by atoms with Gasteiger partial charge in [-0.3, -0.25) is 0 Å². The third-order valence-corrected chi connectivity index (χ3v) is 4.96. The maximum atomic E-state index is 6.28. The van der Waals surface area contributed by atoms with Crippen molar-refractivity contribution in [2.45, 2.75) is 13.5 Å². The molecule has 0 atom stereocenters. The molecule has 112 valence electrons. The van der Waals surface area contributed by atoms with Gasteiger partial charge in [-0.15, -0.1) is 0 Å². The molecule has 0 spiro atoms. The maximum Gasteiger partial charge on any atom is 0.0686 e. The zero-order valence-corrected chi connectivity index (χ0v) is 14.9. The van der Waals surface area contributed by atoms with E-state index in [2.05, 4.69) is 5.32 Å². The molecular weight excluding hydrogens is 371 g/mol. The molecule has 0 heterocycles. The fourth-order valence-electron chi connectivity index (χ4n) is 1.95. The standard InChI is InChI=1S/C15H12Cl5N/c1-2-21-7-9-5-8(3-4-10(9)16)13-14(19)11(17)6-12(18)15(13)20/h3-6,21H,2,7H2,1H3. The molecule has 0 amide bonds. The van der Waals surface area contributed by atoms with Gasteiger partial charge in [0.25, 0.3) is 0 Å². The van der Waals surface area contributed by atoms with Crippen LogP contribution in [0.25, 0.3) is 11.1 Å². The van der Waals surface area contributed by atoms with Crippen molar-refractivity contribution in [2.24, 2.45) is 0 Å². The van der Waals surface area contributed by atoms with Crippen LogP contribution in [0, 0.1) is 0 Å². The van der Waals surface area contributed by atoms with Crippen molar-refractivity contribution in [3.63, 3.8) is 0 Å². The average Bonchev–Trinajstić information content (AvgIpc) is 2.45. The van der Waals surface area contributed by atoms with Gasteiger partial charge in [-0.1, -0.05) is 71.0 Å². The smallest absolute Gasteiger partial charge is 0.0686 e. The van der Waals surface area contributed by atoms with Crippen LogP contribution in [0.5, 0.6) is 0 Å². The normalized spacial score (nSPS) is 11.0. The molecule has 0 aliphatic heterocycles. The van der Waals surface area contributed by atoms with Gasteiger partial charge in [0.2, 0.25) is 0 Å². The lowest BCUT2D eigenvalue weighted by molar-refractivity contribution is 0.727. The van der Waals surface area contributed by atoms with E-state index in [-0.39, 0.29) is 0 Å². The Bertz CT molecular complexity index is 643. The molecule has 21 heavy (non-hydrogen) atoms. The number of nitrogens with one attached hydrogen (secondary N) is 1. The Morgan fingerprint density at radius 2 is 1.48 bits per heavy atom. The average molecular weight is 384 g/mol. The first kappa shape index (κ1) is 17.2. The van der Waals surface area contributed by atoms with E-state index in [0.29, 0.717) is 37.2 Å². The first-order valence-corrected chi connectivity index (χ1v) is 8.17. The van der Waals surface area contributed by atoms with Gasteiger partial charge in [-0.05, 0) is 35.9 Å². The molecule has 0 fully saturated rings. The number of halogens is 5. The summed E-state index contributed by atoms with van der Waals surface area (Å²) in [5.74, 6) is 0. The highest BCUT2D eigenvalue weighted by atomic mass is 35.5. The van der Waals surface area contributed by atoms with E-state index in [1.165, 1.54) is 6.07 Å². The van der Waals surface area contributed by atoms with Crippen LogP contribution in [0.2, 0.25) is 25.1 Å². The lowest BCUT2D eigenvalue weighted by Crippen LogP contribution is -2.12. The van der Waals surface area contributed by atoms with Gasteiger partial charge in [0.1, 0.15) is 0 Å². The maximum absolute atomic E-state index is 6.28. The molecule has 0 aliphatic rings. The molecule has 1 nitrogen and oxygen atoms in total. The van der Waals surface area contributed by atoms with Crippen LogP contribution in [-0.2, 0) is 6.54 Å². The molecule has 0 saturated carbocycles. The van der Waals surface area contributed by atoms with Crippen LogP contribution >= 0.6 is 58.0 Å². The Morgan fingerprint density at radius 1 is 0.857 bits per heavy atom. The number of benzene rings is 2. The van der Waals surface area contributed by atoms with Gasteiger partial charge in [-0.25, -0.2) is 0 Å². The lowest BCUT2D eigenvalue weighted by Gasteiger charge is -2.13. The zero-order chi connectivity index (χ0) is 15.6. The molecule has 0 aliphatic carbocycles. The highest BCUT2D eigenvalue weighted by Crippen LogP contribution is 2.43. The van der Waals surface area contributed by atoms with Crippen LogP contribution in [0.4, 0.5) is 0 Å². The first-order chi connectivity index (χ1) is 9.95. The Hall–Kier alpha value is -0.150. The fraction of sp³-hybridized carbons (Fsp3) is 0.200. The van der Waals surface area contributed by atoms with E-state index in [9.17, 15) is 0 Å². The Morgan fingerprint density at radius 3 is 2.05 bits per heavy atom. The Kier molecular flexibility index (Phi) is 6.07. The minimum Gasteiger partial charge on any atom is -0.313 e. The predicted molar refractivity (Wildman–Crippen MR) is 94.3 cm³/mol. The summed E-state index contributed by atoms with van der Waals surface area (Å²) >= 11 is 30.9. The fourth-order valence-corrected chi connectivity index (χ4v) is 3.16. The van der Waals surface area contributed by atoms with E-state index in [0.717, 1.165) is 17.7 Å². The van der Waals surface area contributed by atoms with Crippen LogP contribution in [-0.4, -0.2) is 6.54 Å². The SMILES string of the molecule is CCNCc1cc(-c2c(Cl)c(Cl)cc(Cl)c2Cl)ccc1Cl. The summed E-state index contributed by atoms with van der Waals surface area (Å²) in [6.07, 6.45) is 0. The molecule has 6 heteroatoms. The summed E-state index contributed by atoms with van der Waals surface area (Å²) in [5.41, 5.74) is 2.40. The summed E-state index contributed by atoms with van der Waals surface area (Å²) in [5, 5.41) is 5.40. The van der Waals surface area contributed by atoms with Gasteiger partial charge >= 0.3 is 0 Å². The molecule has 0 unspecified atom stereocenters. The van der Waals surface area contributed by atoms with Gasteiger partial charge in [0.15, 0.2) is 0 Å². The van der Waals surface area contributed by atoms with Crippen molar-refractivity contribution >= 4 is 58.0 Å². The van der Waals surface area contributed by atoms with Gasteiger partial charge in [-0.2, -0.15) is 0 Å². The summed E-state index contributed by atoms with van der Waals surface area (Å²) < 4.78 is 0. The van der Waals surface area contributed by atoms with Crippen molar-refractivity contribution in [1.29, 1.82) is 0 Å². The molecular formula is C15H12Cl5N. The third-order valence-electron chi connectivity index (χ3n) is 3.01. The minimum atomic E-state index is 0.365. The highest BCUT2D eigenvalue weighted by molar-refractivity contribution is 6.50. The van der Waals surface area contributed by atoms with Crippen molar-refractivity contribution in [2.75, 3.05) is 6.54 Å². The van der Waals surface area contributed by atoms with Crippen LogP contribution in [0.3, 0.4) is 0 Å². The van der Waals surface area contributed by atoms with Gasteiger partial charge < -0.3 is 5.32 Å². The van der Waals surface area contributed by atoms with Gasteiger partial charge in [0.05, 0.1) is 20.1 Å². The molecule has 1 N–H and O–H groups in total. The molecule has 2 aromatic rings. The number of rotatable bonds is 4. The van der Waals surface area contributed by atoms with E-state index >= 15 is 0 Å². The number of hydrogen-bond acceptors (Lipinski definition) is 1. The molecule has 0 radical (unpaired) electrons. The lowest BCUT2D eigenvalue weighted by atomic mass is 10.0. The van der Waals surface area contributed by atoms with E-state index in [1.807, 2.05) is 25.1 Å². The van der Waals surface area contributed by atoms with Gasteiger partial charge in [0, 0.05) is 17.1 Å². The van der Waals surface area contributed by atoms with E-state index in [1.54, 1.807) is 0 Å². The molecule has 2 rings (SSSR count). The number of hydrogen-bond donors (Lipinski definition) is 1. The summed E-state index contributed by atoms with van der Waals surface area (Å²) in [6.45, 7) is 3.54. The van der Waals surface area contributed by atoms with Crippen molar-refractivity contribution < 1.29 is 0 Å². The zero-order valence-electron chi connectivity index (χ0n) is 11.1. The minimum absolute atomic E-state index is 0.365. The third kappa shape index (κ3) is 3.79. The second-order valence-electron chi connectivity index (χ2n) is 4.43. The highest BCUT2D eigenvalue weighted by Gasteiger charge is 2.16. The first-order valence-electron chi connectivity index (χ1n) is 6.28. The second kappa shape index (κ2) is 7.41. The topological polar surface area (TPSA) is 12.0 Å². The van der Waals surface area contributed by atoms with E-state index in [4.69, 9.17) is 58.0 Å². The molecule has 0 saturated heterocycles. The molecule has 0 aromatic heterocycles. The van der Waals surface area contributed by atoms with Crippen molar-refractivity contribution in [1.82, 2.24) is 5.32 Å². The monoisotopic (exact) mass is 381 g/mol. The van der Waals surface area contributed by atoms with Crippen LogP contribution < -0.4 is 5.32 Å². The van der Waals surface area contributed by atoms with Crippen LogP contribution in [0.1, 0.15) is 12.5 Å². The summed E-state index contributed by atoms with van der Waals surface area (Å²) in [4.78, 5) is 0. The van der Waals surface area contributed by atoms with E-state index < -0.39 is 0 Å². The molecule has 2 aromatic carbocycles. The van der Waals surface area contributed by atoms with Crippen molar-refractivity contribution in [3.05, 3.63) is 54.9 Å².